The standard InChI is InChI=1S/C10H4BrF3O/c11-6-3-5-1-2-8(15)10(13,14)9(5)7(12)4-6/h1-4H. The van der Waals surface area contributed by atoms with Crippen LogP contribution in [0.2, 0.25) is 0 Å². The van der Waals surface area contributed by atoms with Crippen LogP contribution in [0.5, 0.6) is 0 Å². The summed E-state index contributed by atoms with van der Waals surface area (Å²) in [7, 11) is 0. The molecule has 0 saturated carbocycles. The summed E-state index contributed by atoms with van der Waals surface area (Å²) in [5.41, 5.74) is -0.829. The van der Waals surface area contributed by atoms with Crippen LogP contribution in [-0.4, -0.2) is 5.78 Å². The Balaban J connectivity index is 2.77. The summed E-state index contributed by atoms with van der Waals surface area (Å²) in [5.74, 6) is -6.24. The normalized spacial score (nSPS) is 17.7. The van der Waals surface area contributed by atoms with Crippen molar-refractivity contribution in [3.8, 4) is 0 Å². The van der Waals surface area contributed by atoms with Crippen molar-refractivity contribution in [3.63, 3.8) is 0 Å². The van der Waals surface area contributed by atoms with Gasteiger partial charge in [-0.1, -0.05) is 22.0 Å². The number of alkyl halides is 2. The van der Waals surface area contributed by atoms with Crippen molar-refractivity contribution in [1.82, 2.24) is 0 Å². The summed E-state index contributed by atoms with van der Waals surface area (Å²) in [6.45, 7) is 0. The van der Waals surface area contributed by atoms with Gasteiger partial charge in [-0.2, -0.15) is 8.78 Å². The summed E-state index contributed by atoms with van der Waals surface area (Å²) in [5, 5.41) is 0. The lowest BCUT2D eigenvalue weighted by molar-refractivity contribution is -0.139. The van der Waals surface area contributed by atoms with Gasteiger partial charge in [0.2, 0.25) is 5.78 Å². The third-order valence-electron chi connectivity index (χ3n) is 2.12. The Hall–Kier alpha value is -1.10. The van der Waals surface area contributed by atoms with Crippen LogP contribution in [0.15, 0.2) is 22.7 Å². The van der Waals surface area contributed by atoms with E-state index in [1.807, 2.05) is 0 Å². The molecule has 15 heavy (non-hydrogen) atoms. The van der Waals surface area contributed by atoms with Gasteiger partial charge in [0, 0.05) is 4.47 Å². The summed E-state index contributed by atoms with van der Waals surface area (Å²) in [4.78, 5) is 10.9. The van der Waals surface area contributed by atoms with Gasteiger partial charge in [0.05, 0.1) is 5.56 Å². The first-order valence-electron chi connectivity index (χ1n) is 4.03. The van der Waals surface area contributed by atoms with Crippen molar-refractivity contribution in [1.29, 1.82) is 0 Å². The number of hydrogen-bond donors (Lipinski definition) is 0. The van der Waals surface area contributed by atoms with Gasteiger partial charge in [0.15, 0.2) is 0 Å². The van der Waals surface area contributed by atoms with E-state index < -0.39 is 23.1 Å². The second-order valence-corrected chi connectivity index (χ2v) is 4.04. The van der Waals surface area contributed by atoms with Crippen LogP contribution in [0.1, 0.15) is 11.1 Å². The second-order valence-electron chi connectivity index (χ2n) is 3.12. The molecule has 0 saturated heterocycles. The van der Waals surface area contributed by atoms with Crippen LogP contribution in [0.4, 0.5) is 13.2 Å². The second kappa shape index (κ2) is 3.20. The van der Waals surface area contributed by atoms with Crippen molar-refractivity contribution in [3.05, 3.63) is 39.6 Å². The highest BCUT2D eigenvalue weighted by Gasteiger charge is 2.45. The highest BCUT2D eigenvalue weighted by Crippen LogP contribution is 2.39. The fourth-order valence-electron chi connectivity index (χ4n) is 1.45. The van der Waals surface area contributed by atoms with Gasteiger partial charge in [-0.15, -0.1) is 0 Å². The molecule has 0 aromatic heterocycles. The van der Waals surface area contributed by atoms with E-state index in [2.05, 4.69) is 15.9 Å². The summed E-state index contributed by atoms with van der Waals surface area (Å²) in [6, 6.07) is 2.26. The molecule has 1 aromatic rings. The molecule has 2 rings (SSSR count). The fraction of sp³-hybridized carbons (Fsp3) is 0.100. The average molecular weight is 277 g/mol. The maximum absolute atomic E-state index is 13.3. The van der Waals surface area contributed by atoms with Crippen LogP contribution in [0.25, 0.3) is 6.08 Å². The molecule has 1 nitrogen and oxygen atoms in total. The Morgan fingerprint density at radius 2 is 1.87 bits per heavy atom. The fourth-order valence-corrected chi connectivity index (χ4v) is 1.90. The molecule has 0 unspecified atom stereocenters. The highest BCUT2D eigenvalue weighted by molar-refractivity contribution is 9.10. The molecule has 0 fully saturated rings. The van der Waals surface area contributed by atoms with Crippen molar-refractivity contribution in [2.24, 2.45) is 0 Å². The maximum Gasteiger partial charge on any atom is 0.337 e. The van der Waals surface area contributed by atoms with Crippen LogP contribution in [0.3, 0.4) is 0 Å². The van der Waals surface area contributed by atoms with Gasteiger partial charge < -0.3 is 0 Å². The van der Waals surface area contributed by atoms with E-state index in [1.54, 1.807) is 0 Å². The van der Waals surface area contributed by atoms with Crippen LogP contribution >= 0.6 is 15.9 Å². The first-order valence-corrected chi connectivity index (χ1v) is 4.82. The number of ketones is 1. The minimum absolute atomic E-state index is 0.0199. The van der Waals surface area contributed by atoms with E-state index in [4.69, 9.17) is 0 Å². The number of rotatable bonds is 0. The summed E-state index contributed by atoms with van der Waals surface area (Å²) < 4.78 is 40.3. The predicted molar refractivity (Wildman–Crippen MR) is 52.0 cm³/mol. The number of carbonyl (C=O) groups is 1. The Morgan fingerprint density at radius 1 is 1.20 bits per heavy atom. The lowest BCUT2D eigenvalue weighted by atomic mass is 9.92. The van der Waals surface area contributed by atoms with Gasteiger partial charge >= 0.3 is 5.92 Å². The summed E-state index contributed by atoms with van der Waals surface area (Å²) >= 11 is 2.99. The minimum Gasteiger partial charge on any atom is -0.288 e. The molecule has 0 heterocycles. The van der Waals surface area contributed by atoms with E-state index in [0.29, 0.717) is 4.47 Å². The number of carbonyl (C=O) groups excluding carboxylic acids is 1. The molecule has 1 aromatic carbocycles. The molecule has 0 aliphatic heterocycles. The predicted octanol–water partition coefficient (Wildman–Crippen LogP) is 3.28. The SMILES string of the molecule is O=C1C=Cc2cc(Br)cc(F)c2C1(F)F. The van der Waals surface area contributed by atoms with E-state index >= 15 is 0 Å². The Labute approximate surface area is 91.7 Å². The highest BCUT2D eigenvalue weighted by atomic mass is 79.9. The van der Waals surface area contributed by atoms with E-state index in [-0.39, 0.29) is 5.56 Å². The number of hydrogen-bond acceptors (Lipinski definition) is 1. The van der Waals surface area contributed by atoms with Crippen molar-refractivity contribution >= 4 is 27.8 Å². The van der Waals surface area contributed by atoms with Gasteiger partial charge in [0.25, 0.3) is 0 Å². The largest absolute Gasteiger partial charge is 0.337 e. The molecule has 0 amide bonds. The molecule has 5 heteroatoms. The molecule has 0 N–H and O–H groups in total. The molecule has 0 spiro atoms. The zero-order valence-electron chi connectivity index (χ0n) is 7.23. The average Bonchev–Trinajstić information content (AvgIpc) is 2.10. The van der Waals surface area contributed by atoms with Crippen molar-refractivity contribution in [2.75, 3.05) is 0 Å². The number of allylic oxidation sites excluding steroid dienone is 1. The zero-order chi connectivity index (χ0) is 11.2. The van der Waals surface area contributed by atoms with E-state index in [0.717, 1.165) is 12.1 Å². The quantitative estimate of drug-likeness (QED) is 0.711. The zero-order valence-corrected chi connectivity index (χ0v) is 8.82. The lowest BCUT2D eigenvalue weighted by Gasteiger charge is -2.20. The monoisotopic (exact) mass is 276 g/mol. The molecule has 1 aliphatic rings. The third kappa shape index (κ3) is 1.51. The molecular formula is C10H4BrF3O. The van der Waals surface area contributed by atoms with Gasteiger partial charge in [-0.05, 0) is 23.8 Å². The first-order chi connectivity index (χ1) is 6.93. The smallest absolute Gasteiger partial charge is 0.288 e. The van der Waals surface area contributed by atoms with Gasteiger partial charge in [-0.3, -0.25) is 4.79 Å². The van der Waals surface area contributed by atoms with Crippen LogP contribution in [-0.2, 0) is 10.7 Å². The maximum atomic E-state index is 13.3. The van der Waals surface area contributed by atoms with Gasteiger partial charge in [0.1, 0.15) is 5.82 Å². The third-order valence-corrected chi connectivity index (χ3v) is 2.58. The first kappa shape index (κ1) is 10.4. The van der Waals surface area contributed by atoms with Crippen molar-refractivity contribution < 1.29 is 18.0 Å². The molecule has 0 bridgehead atoms. The Kier molecular flexibility index (Phi) is 2.22. The Morgan fingerprint density at radius 3 is 2.53 bits per heavy atom. The molecule has 1 aliphatic carbocycles. The number of halogens is 4. The lowest BCUT2D eigenvalue weighted by Crippen LogP contribution is -2.28. The van der Waals surface area contributed by atoms with Gasteiger partial charge in [-0.25, -0.2) is 4.39 Å². The topological polar surface area (TPSA) is 17.1 Å². The van der Waals surface area contributed by atoms with Crippen molar-refractivity contribution in [2.45, 2.75) is 5.92 Å². The van der Waals surface area contributed by atoms with Crippen LogP contribution < -0.4 is 0 Å². The molecule has 0 radical (unpaired) electrons. The minimum atomic E-state index is -3.77. The molecular weight excluding hydrogens is 273 g/mol. The molecule has 0 atom stereocenters. The number of fused-ring (bicyclic) bond motifs is 1. The number of benzene rings is 1. The van der Waals surface area contributed by atoms with E-state index in [9.17, 15) is 18.0 Å². The Bertz CT molecular complexity index is 480. The molecule has 78 valence electrons. The van der Waals surface area contributed by atoms with Crippen LogP contribution in [0, 0.1) is 5.82 Å². The summed E-state index contributed by atoms with van der Waals surface area (Å²) in [6.07, 6.45) is 1.94. The van der Waals surface area contributed by atoms with E-state index in [1.165, 1.54) is 12.1 Å².